The normalized spacial score (nSPS) is 27.5. The van der Waals surface area contributed by atoms with Gasteiger partial charge in [-0.25, -0.2) is 0 Å². The van der Waals surface area contributed by atoms with Crippen molar-refractivity contribution in [3.63, 3.8) is 0 Å². The molecule has 3 N–H and O–H groups in total. The third-order valence-electron chi connectivity index (χ3n) is 3.05. The Labute approximate surface area is 85.5 Å². The van der Waals surface area contributed by atoms with Crippen LogP contribution >= 0.6 is 0 Å². The van der Waals surface area contributed by atoms with E-state index in [1.807, 2.05) is 0 Å². The highest BCUT2D eigenvalue weighted by Crippen LogP contribution is 2.27. The minimum Gasteiger partial charge on any atom is -0.330 e. The minimum atomic E-state index is 0.468. The summed E-state index contributed by atoms with van der Waals surface area (Å²) in [6, 6.07) is 11.1. The minimum absolute atomic E-state index is 0.468. The van der Waals surface area contributed by atoms with Crippen LogP contribution in [-0.2, 0) is 0 Å². The van der Waals surface area contributed by atoms with E-state index >= 15 is 0 Å². The van der Waals surface area contributed by atoms with Crippen molar-refractivity contribution in [3.05, 3.63) is 35.9 Å². The lowest BCUT2D eigenvalue weighted by molar-refractivity contribution is 0.291. The molecule has 2 heteroatoms. The number of rotatable bonds is 2. The molecule has 2 atom stereocenters. The van der Waals surface area contributed by atoms with Crippen LogP contribution in [0.1, 0.15) is 24.4 Å². The average Bonchev–Trinajstić information content (AvgIpc) is 2.30. The van der Waals surface area contributed by atoms with Gasteiger partial charge in [0.25, 0.3) is 0 Å². The second-order valence-corrected chi connectivity index (χ2v) is 3.98. The van der Waals surface area contributed by atoms with Crippen molar-refractivity contribution in [2.45, 2.75) is 18.9 Å². The van der Waals surface area contributed by atoms with Gasteiger partial charge in [0.05, 0.1) is 0 Å². The number of nitrogens with one attached hydrogen (secondary N) is 1. The summed E-state index contributed by atoms with van der Waals surface area (Å²) < 4.78 is 0. The highest BCUT2D eigenvalue weighted by atomic mass is 14.9. The molecule has 14 heavy (non-hydrogen) atoms. The molecule has 76 valence electrons. The fourth-order valence-electron chi connectivity index (χ4n) is 2.26. The topological polar surface area (TPSA) is 38.0 Å². The highest BCUT2D eigenvalue weighted by Gasteiger charge is 2.24. The van der Waals surface area contributed by atoms with E-state index in [9.17, 15) is 0 Å². The lowest BCUT2D eigenvalue weighted by Crippen LogP contribution is -2.37. The molecule has 1 saturated heterocycles. The summed E-state index contributed by atoms with van der Waals surface area (Å²) in [4.78, 5) is 0. The standard InChI is InChI=1S/C12H18N2/c13-9-11-7-4-8-14-12(11)10-5-2-1-3-6-10/h1-3,5-6,11-12,14H,4,7-9,13H2. The zero-order chi connectivity index (χ0) is 9.80. The second kappa shape index (κ2) is 4.58. The van der Waals surface area contributed by atoms with Gasteiger partial charge in [0, 0.05) is 6.04 Å². The molecule has 0 radical (unpaired) electrons. The first-order valence-corrected chi connectivity index (χ1v) is 5.40. The SMILES string of the molecule is NCC1CCCNC1c1ccccc1. The smallest absolute Gasteiger partial charge is 0.0360 e. The van der Waals surface area contributed by atoms with E-state index in [0.717, 1.165) is 13.1 Å². The molecule has 1 heterocycles. The Morgan fingerprint density at radius 3 is 2.79 bits per heavy atom. The van der Waals surface area contributed by atoms with Crippen molar-refractivity contribution in [1.82, 2.24) is 5.32 Å². The zero-order valence-electron chi connectivity index (χ0n) is 8.45. The third kappa shape index (κ3) is 1.97. The van der Waals surface area contributed by atoms with Crippen molar-refractivity contribution >= 4 is 0 Å². The second-order valence-electron chi connectivity index (χ2n) is 3.98. The first kappa shape index (κ1) is 9.69. The molecule has 1 aromatic rings. The van der Waals surface area contributed by atoms with E-state index in [0.29, 0.717) is 12.0 Å². The molecular formula is C12H18N2. The number of nitrogens with two attached hydrogens (primary N) is 1. The van der Waals surface area contributed by atoms with Crippen LogP contribution in [0.2, 0.25) is 0 Å². The highest BCUT2D eigenvalue weighted by molar-refractivity contribution is 5.20. The van der Waals surface area contributed by atoms with Crippen molar-refractivity contribution in [1.29, 1.82) is 0 Å². The van der Waals surface area contributed by atoms with Crippen LogP contribution in [0.25, 0.3) is 0 Å². The molecule has 1 aromatic carbocycles. The lowest BCUT2D eigenvalue weighted by atomic mass is 9.86. The van der Waals surface area contributed by atoms with Gasteiger partial charge in [-0.15, -0.1) is 0 Å². The molecule has 0 aromatic heterocycles. The van der Waals surface area contributed by atoms with Gasteiger partial charge in [-0.05, 0) is 37.4 Å². The van der Waals surface area contributed by atoms with E-state index in [4.69, 9.17) is 5.73 Å². The number of piperidine rings is 1. The van der Waals surface area contributed by atoms with Crippen LogP contribution in [0.3, 0.4) is 0 Å². The Balaban J connectivity index is 2.15. The van der Waals surface area contributed by atoms with Gasteiger partial charge in [-0.3, -0.25) is 0 Å². The molecule has 2 nitrogen and oxygen atoms in total. The maximum atomic E-state index is 5.79. The summed E-state index contributed by atoms with van der Waals surface area (Å²) in [6.07, 6.45) is 2.51. The van der Waals surface area contributed by atoms with E-state index in [-0.39, 0.29) is 0 Å². The number of hydrogen-bond acceptors (Lipinski definition) is 2. The van der Waals surface area contributed by atoms with Crippen molar-refractivity contribution in [3.8, 4) is 0 Å². The van der Waals surface area contributed by atoms with Gasteiger partial charge in [-0.2, -0.15) is 0 Å². The lowest BCUT2D eigenvalue weighted by Gasteiger charge is -2.32. The molecular weight excluding hydrogens is 172 g/mol. The Kier molecular flexibility index (Phi) is 3.17. The van der Waals surface area contributed by atoms with Gasteiger partial charge in [0.2, 0.25) is 0 Å². The van der Waals surface area contributed by atoms with Crippen molar-refractivity contribution in [2.24, 2.45) is 11.7 Å². The summed E-state index contributed by atoms with van der Waals surface area (Å²) in [7, 11) is 0. The van der Waals surface area contributed by atoms with Crippen LogP contribution in [-0.4, -0.2) is 13.1 Å². The summed E-state index contributed by atoms with van der Waals surface area (Å²) in [5, 5.41) is 3.56. The zero-order valence-corrected chi connectivity index (χ0v) is 8.45. The third-order valence-corrected chi connectivity index (χ3v) is 3.05. The number of hydrogen-bond donors (Lipinski definition) is 2. The number of benzene rings is 1. The van der Waals surface area contributed by atoms with Gasteiger partial charge >= 0.3 is 0 Å². The maximum Gasteiger partial charge on any atom is 0.0360 e. The van der Waals surface area contributed by atoms with Crippen LogP contribution in [0.5, 0.6) is 0 Å². The first-order chi connectivity index (χ1) is 6.92. The Hall–Kier alpha value is -0.860. The van der Waals surface area contributed by atoms with E-state index in [1.54, 1.807) is 0 Å². The molecule has 0 aliphatic carbocycles. The largest absolute Gasteiger partial charge is 0.330 e. The Bertz CT molecular complexity index is 271. The predicted molar refractivity (Wildman–Crippen MR) is 59.0 cm³/mol. The molecule has 1 aliphatic heterocycles. The molecule has 2 rings (SSSR count). The summed E-state index contributed by atoms with van der Waals surface area (Å²) >= 11 is 0. The monoisotopic (exact) mass is 190 g/mol. The predicted octanol–water partition coefficient (Wildman–Crippen LogP) is 1.69. The van der Waals surface area contributed by atoms with Crippen LogP contribution < -0.4 is 11.1 Å². The Morgan fingerprint density at radius 2 is 2.07 bits per heavy atom. The molecule has 1 fully saturated rings. The Morgan fingerprint density at radius 1 is 1.29 bits per heavy atom. The van der Waals surface area contributed by atoms with Crippen molar-refractivity contribution in [2.75, 3.05) is 13.1 Å². The van der Waals surface area contributed by atoms with Crippen molar-refractivity contribution < 1.29 is 0 Å². The summed E-state index contributed by atoms with van der Waals surface area (Å²) in [5.41, 5.74) is 7.17. The van der Waals surface area contributed by atoms with Crippen LogP contribution in [0.15, 0.2) is 30.3 Å². The first-order valence-electron chi connectivity index (χ1n) is 5.40. The quantitative estimate of drug-likeness (QED) is 0.744. The van der Waals surface area contributed by atoms with Gasteiger partial charge in [0.1, 0.15) is 0 Å². The van der Waals surface area contributed by atoms with Gasteiger partial charge in [-0.1, -0.05) is 30.3 Å². The molecule has 2 unspecified atom stereocenters. The maximum absolute atomic E-state index is 5.79. The fourth-order valence-corrected chi connectivity index (χ4v) is 2.26. The van der Waals surface area contributed by atoms with Crippen LogP contribution in [0.4, 0.5) is 0 Å². The summed E-state index contributed by atoms with van der Waals surface area (Å²) in [5.74, 6) is 0.603. The summed E-state index contributed by atoms with van der Waals surface area (Å²) in [6.45, 7) is 1.91. The molecule has 0 saturated carbocycles. The molecule has 1 aliphatic rings. The molecule has 0 spiro atoms. The van der Waals surface area contributed by atoms with E-state index < -0.39 is 0 Å². The van der Waals surface area contributed by atoms with E-state index in [2.05, 4.69) is 35.6 Å². The van der Waals surface area contributed by atoms with Gasteiger partial charge in [0.15, 0.2) is 0 Å². The van der Waals surface area contributed by atoms with E-state index in [1.165, 1.54) is 18.4 Å². The molecule has 0 bridgehead atoms. The molecule has 0 amide bonds. The van der Waals surface area contributed by atoms with Crippen LogP contribution in [0, 0.1) is 5.92 Å². The fraction of sp³-hybridized carbons (Fsp3) is 0.500. The average molecular weight is 190 g/mol. The van der Waals surface area contributed by atoms with Gasteiger partial charge < -0.3 is 11.1 Å².